The maximum atomic E-state index is 6.52. The number of hydrogen-bond acceptors (Lipinski definition) is 2. The van der Waals surface area contributed by atoms with E-state index < -0.39 is 0 Å². The monoisotopic (exact) mass is 845 g/mol. The third-order valence-corrected chi connectivity index (χ3v) is 14.9. The van der Waals surface area contributed by atoms with E-state index in [0.29, 0.717) is 0 Å². The Labute approximate surface area is 386 Å². The van der Waals surface area contributed by atoms with Gasteiger partial charge in [0.25, 0.3) is 0 Å². The van der Waals surface area contributed by atoms with Crippen molar-refractivity contribution in [1.82, 2.24) is 0 Å². The van der Waals surface area contributed by atoms with Gasteiger partial charge in [-0.1, -0.05) is 179 Å². The van der Waals surface area contributed by atoms with E-state index >= 15 is 0 Å². The van der Waals surface area contributed by atoms with Crippen molar-refractivity contribution in [2.75, 3.05) is 4.90 Å². The van der Waals surface area contributed by atoms with Crippen LogP contribution in [0, 0.1) is 0 Å². The minimum atomic E-state index is -0.248. The molecule has 0 unspecified atom stereocenters. The lowest BCUT2D eigenvalue weighted by molar-refractivity contribution is 0.660. The van der Waals surface area contributed by atoms with E-state index in [1.54, 1.807) is 0 Å². The first-order valence-electron chi connectivity index (χ1n) is 23.2. The van der Waals surface area contributed by atoms with Crippen molar-refractivity contribution < 1.29 is 4.42 Å². The standard InChI is InChI=1S/C64H47NO/c1-63(2)57-36-45(40-13-6-5-7-14-40)25-31-51(57)53-33-29-48(38-59(53)63)65(47-27-23-42(24-28-47)44-22-21-41-15-8-9-16-43(41)35-44)49-30-34-54-52-32-26-46(37-58(52)64(3,4)60(54)39-49)50-18-12-19-56-55-17-10-11-20-61(55)66-62(50)56/h5-39H,1-4H3. The van der Waals surface area contributed by atoms with Crippen molar-refractivity contribution in [3.8, 4) is 55.6 Å². The van der Waals surface area contributed by atoms with Crippen LogP contribution in [0.4, 0.5) is 17.1 Å². The van der Waals surface area contributed by atoms with E-state index in [0.717, 1.165) is 44.6 Å². The Balaban J connectivity index is 0.922. The van der Waals surface area contributed by atoms with E-state index in [1.807, 2.05) is 6.07 Å². The first-order valence-corrected chi connectivity index (χ1v) is 23.2. The molecule has 2 aliphatic rings. The average molecular weight is 846 g/mol. The molecule has 0 N–H and O–H groups in total. The van der Waals surface area contributed by atoms with Gasteiger partial charge in [0.05, 0.1) is 0 Å². The third-order valence-electron chi connectivity index (χ3n) is 14.9. The highest BCUT2D eigenvalue weighted by Gasteiger charge is 2.38. The van der Waals surface area contributed by atoms with Crippen molar-refractivity contribution in [2.45, 2.75) is 38.5 Å². The molecule has 1 heterocycles. The number of nitrogens with zero attached hydrogens (tertiary/aromatic N) is 1. The minimum Gasteiger partial charge on any atom is -0.455 e. The van der Waals surface area contributed by atoms with Gasteiger partial charge in [0.1, 0.15) is 11.2 Å². The highest BCUT2D eigenvalue weighted by Crippen LogP contribution is 2.54. The number of furan rings is 1. The number of rotatable bonds is 6. The molecule has 10 aromatic carbocycles. The summed E-state index contributed by atoms with van der Waals surface area (Å²) >= 11 is 0. The average Bonchev–Trinajstić information content (AvgIpc) is 3.93. The predicted molar refractivity (Wildman–Crippen MR) is 277 cm³/mol. The zero-order valence-corrected chi connectivity index (χ0v) is 37.6. The lowest BCUT2D eigenvalue weighted by Gasteiger charge is -2.30. The van der Waals surface area contributed by atoms with E-state index in [-0.39, 0.29) is 10.8 Å². The molecular weight excluding hydrogens is 799 g/mol. The normalized spacial score (nSPS) is 14.0. The Hall–Kier alpha value is -7.94. The maximum Gasteiger partial charge on any atom is 0.143 e. The number of para-hydroxylation sites is 2. The van der Waals surface area contributed by atoms with E-state index in [1.165, 1.54) is 83.1 Å². The molecule has 2 aliphatic carbocycles. The van der Waals surface area contributed by atoms with Crippen LogP contribution in [0.15, 0.2) is 217 Å². The van der Waals surface area contributed by atoms with E-state index in [4.69, 9.17) is 4.42 Å². The van der Waals surface area contributed by atoms with E-state index in [2.05, 4.69) is 239 Å². The van der Waals surface area contributed by atoms with Crippen LogP contribution in [-0.4, -0.2) is 0 Å². The highest BCUT2D eigenvalue weighted by atomic mass is 16.3. The zero-order chi connectivity index (χ0) is 44.3. The van der Waals surface area contributed by atoms with Crippen LogP contribution in [0.3, 0.4) is 0 Å². The number of anilines is 3. The molecule has 0 amide bonds. The molecule has 66 heavy (non-hydrogen) atoms. The lowest BCUT2D eigenvalue weighted by atomic mass is 9.81. The second-order valence-electron chi connectivity index (χ2n) is 19.3. The first kappa shape index (κ1) is 38.5. The minimum absolute atomic E-state index is 0.191. The van der Waals surface area contributed by atoms with Crippen LogP contribution in [0.5, 0.6) is 0 Å². The Morgan fingerprint density at radius 2 is 0.803 bits per heavy atom. The summed E-state index contributed by atoms with van der Waals surface area (Å²) in [4.78, 5) is 2.46. The van der Waals surface area contributed by atoms with Gasteiger partial charge in [-0.2, -0.15) is 0 Å². The van der Waals surface area contributed by atoms with Crippen LogP contribution >= 0.6 is 0 Å². The Morgan fingerprint density at radius 1 is 0.318 bits per heavy atom. The van der Waals surface area contributed by atoms with Gasteiger partial charge in [-0.3, -0.25) is 0 Å². The van der Waals surface area contributed by atoms with Gasteiger partial charge in [0, 0.05) is 44.2 Å². The van der Waals surface area contributed by atoms with Crippen LogP contribution in [0.1, 0.15) is 49.9 Å². The number of benzene rings is 10. The second kappa shape index (κ2) is 14.3. The van der Waals surface area contributed by atoms with Crippen molar-refractivity contribution in [3.05, 3.63) is 235 Å². The molecule has 0 saturated carbocycles. The van der Waals surface area contributed by atoms with Crippen LogP contribution < -0.4 is 4.90 Å². The quantitative estimate of drug-likeness (QED) is 0.166. The van der Waals surface area contributed by atoms with Gasteiger partial charge in [0.2, 0.25) is 0 Å². The molecular formula is C64H47NO. The van der Waals surface area contributed by atoms with Gasteiger partial charge in [-0.25, -0.2) is 0 Å². The molecule has 0 aliphatic heterocycles. The molecule has 0 fully saturated rings. The van der Waals surface area contributed by atoms with Crippen molar-refractivity contribution in [2.24, 2.45) is 0 Å². The summed E-state index contributed by atoms with van der Waals surface area (Å²) in [6.07, 6.45) is 0. The fourth-order valence-electron chi connectivity index (χ4n) is 11.3. The summed E-state index contributed by atoms with van der Waals surface area (Å²) in [6, 6.07) is 78.4. The fourth-order valence-corrected chi connectivity index (χ4v) is 11.3. The van der Waals surface area contributed by atoms with Crippen molar-refractivity contribution in [1.29, 1.82) is 0 Å². The Morgan fingerprint density at radius 3 is 1.50 bits per heavy atom. The predicted octanol–water partition coefficient (Wildman–Crippen LogP) is 17.8. The van der Waals surface area contributed by atoms with Gasteiger partial charge >= 0.3 is 0 Å². The molecule has 2 heteroatoms. The maximum absolute atomic E-state index is 6.52. The van der Waals surface area contributed by atoms with E-state index in [9.17, 15) is 0 Å². The summed E-state index contributed by atoms with van der Waals surface area (Å²) < 4.78 is 6.52. The summed E-state index contributed by atoms with van der Waals surface area (Å²) in [5.41, 5.74) is 22.6. The van der Waals surface area contributed by atoms with Crippen LogP contribution in [-0.2, 0) is 10.8 Å². The first-order chi connectivity index (χ1) is 32.2. The van der Waals surface area contributed by atoms with Gasteiger partial charge < -0.3 is 9.32 Å². The lowest BCUT2D eigenvalue weighted by Crippen LogP contribution is -2.18. The molecule has 2 nitrogen and oxygen atoms in total. The molecule has 11 aromatic rings. The molecule has 314 valence electrons. The van der Waals surface area contributed by atoms with Gasteiger partial charge in [-0.05, 0) is 144 Å². The summed E-state index contributed by atoms with van der Waals surface area (Å²) in [5, 5.41) is 4.80. The molecule has 13 rings (SSSR count). The fraction of sp³-hybridized carbons (Fsp3) is 0.0938. The molecule has 0 saturated heterocycles. The molecule has 0 atom stereocenters. The molecule has 0 bridgehead atoms. The van der Waals surface area contributed by atoms with Gasteiger partial charge in [0.15, 0.2) is 0 Å². The van der Waals surface area contributed by atoms with Crippen LogP contribution in [0.2, 0.25) is 0 Å². The highest BCUT2D eigenvalue weighted by molar-refractivity contribution is 6.09. The zero-order valence-electron chi connectivity index (χ0n) is 37.6. The largest absolute Gasteiger partial charge is 0.455 e. The Kier molecular flexibility index (Phi) is 8.33. The van der Waals surface area contributed by atoms with Crippen molar-refractivity contribution >= 4 is 49.8 Å². The summed E-state index contributed by atoms with van der Waals surface area (Å²) in [7, 11) is 0. The Bertz CT molecular complexity index is 3760. The second-order valence-corrected chi connectivity index (χ2v) is 19.3. The summed E-state index contributed by atoms with van der Waals surface area (Å²) in [5.74, 6) is 0. The van der Waals surface area contributed by atoms with Gasteiger partial charge in [-0.15, -0.1) is 0 Å². The summed E-state index contributed by atoms with van der Waals surface area (Å²) in [6.45, 7) is 9.54. The number of fused-ring (bicyclic) bond motifs is 10. The number of hydrogen-bond donors (Lipinski definition) is 0. The molecule has 1 aromatic heterocycles. The smallest absolute Gasteiger partial charge is 0.143 e. The third kappa shape index (κ3) is 5.81. The molecule has 0 spiro atoms. The SMILES string of the molecule is CC1(C)c2cc(-c3ccccc3)ccc2-c2ccc(N(c3ccc(-c4ccc5ccccc5c4)cc3)c3ccc4c(c3)C(C)(C)c3cc(-c5cccc6c5oc5ccccc56)ccc3-4)cc21. The van der Waals surface area contributed by atoms with Crippen LogP contribution in [0.25, 0.3) is 88.3 Å². The van der Waals surface area contributed by atoms with Crippen molar-refractivity contribution in [3.63, 3.8) is 0 Å². The molecule has 0 radical (unpaired) electrons. The topological polar surface area (TPSA) is 16.4 Å².